The number of hydrogen-bond donors (Lipinski definition) is 2. The molecule has 1 fully saturated rings. The van der Waals surface area contributed by atoms with E-state index in [4.69, 9.17) is 11.6 Å². The number of halogens is 2. The van der Waals surface area contributed by atoms with E-state index in [9.17, 15) is 14.0 Å². The van der Waals surface area contributed by atoms with E-state index >= 15 is 0 Å². The summed E-state index contributed by atoms with van der Waals surface area (Å²) in [5.74, 6) is -1.08. The number of benzene rings is 1. The number of nitrogens with zero attached hydrogens (tertiary/aromatic N) is 1. The van der Waals surface area contributed by atoms with Gasteiger partial charge in [-0.25, -0.2) is 9.37 Å². The Bertz CT molecular complexity index is 790. The summed E-state index contributed by atoms with van der Waals surface area (Å²) in [5.41, 5.74) is 0.783. The monoisotopic (exact) mass is 381 g/mol. The fourth-order valence-corrected chi connectivity index (χ4v) is 3.66. The van der Waals surface area contributed by atoms with Gasteiger partial charge >= 0.3 is 0 Å². The van der Waals surface area contributed by atoms with Crippen molar-refractivity contribution in [3.63, 3.8) is 0 Å². The SMILES string of the molecule is O=C(NCc1ccc(F)cc1Cl)c1csc(C(=O)NC2CCCC2)n1. The Morgan fingerprint density at radius 2 is 2.04 bits per heavy atom. The van der Waals surface area contributed by atoms with Crippen LogP contribution in [0.15, 0.2) is 23.6 Å². The highest BCUT2D eigenvalue weighted by Crippen LogP contribution is 2.19. The zero-order valence-electron chi connectivity index (χ0n) is 13.4. The van der Waals surface area contributed by atoms with Gasteiger partial charge in [0.1, 0.15) is 11.5 Å². The Morgan fingerprint density at radius 1 is 1.28 bits per heavy atom. The van der Waals surface area contributed by atoms with Crippen molar-refractivity contribution < 1.29 is 14.0 Å². The predicted molar refractivity (Wildman–Crippen MR) is 94.4 cm³/mol. The van der Waals surface area contributed by atoms with Gasteiger partial charge in [-0.2, -0.15) is 0 Å². The number of aromatic nitrogens is 1. The van der Waals surface area contributed by atoms with Gasteiger partial charge in [0, 0.05) is 23.0 Å². The molecule has 1 saturated carbocycles. The molecule has 3 rings (SSSR count). The van der Waals surface area contributed by atoms with Crippen molar-refractivity contribution in [2.24, 2.45) is 0 Å². The third-order valence-electron chi connectivity index (χ3n) is 4.08. The Labute approximate surface area is 153 Å². The number of carbonyl (C=O) groups excluding carboxylic acids is 2. The summed E-state index contributed by atoms with van der Waals surface area (Å²) in [7, 11) is 0. The van der Waals surface area contributed by atoms with Crippen molar-refractivity contribution in [3.05, 3.63) is 50.7 Å². The van der Waals surface area contributed by atoms with E-state index in [1.165, 1.54) is 18.2 Å². The van der Waals surface area contributed by atoms with Crippen LogP contribution in [0.25, 0.3) is 0 Å². The van der Waals surface area contributed by atoms with Crippen molar-refractivity contribution in [1.29, 1.82) is 0 Å². The molecule has 2 N–H and O–H groups in total. The minimum Gasteiger partial charge on any atom is -0.347 e. The summed E-state index contributed by atoms with van der Waals surface area (Å²) in [5, 5.41) is 7.68. The van der Waals surface area contributed by atoms with Crippen LogP contribution in [0.4, 0.5) is 4.39 Å². The highest BCUT2D eigenvalue weighted by molar-refractivity contribution is 7.11. The fraction of sp³-hybridized carbons (Fsp3) is 0.353. The average molecular weight is 382 g/mol. The first kappa shape index (κ1) is 17.8. The summed E-state index contributed by atoms with van der Waals surface area (Å²) < 4.78 is 13.0. The molecule has 0 unspecified atom stereocenters. The third-order valence-corrected chi connectivity index (χ3v) is 5.27. The van der Waals surface area contributed by atoms with Gasteiger partial charge in [-0.1, -0.05) is 30.5 Å². The van der Waals surface area contributed by atoms with E-state index in [2.05, 4.69) is 15.6 Å². The normalized spacial score (nSPS) is 14.5. The molecule has 0 saturated heterocycles. The molecule has 0 bridgehead atoms. The van der Waals surface area contributed by atoms with Crippen LogP contribution in [0.5, 0.6) is 0 Å². The van der Waals surface area contributed by atoms with Crippen LogP contribution in [0.1, 0.15) is 51.5 Å². The van der Waals surface area contributed by atoms with Crippen molar-refractivity contribution in [2.45, 2.75) is 38.3 Å². The molecule has 25 heavy (non-hydrogen) atoms. The third kappa shape index (κ3) is 4.55. The van der Waals surface area contributed by atoms with Gasteiger partial charge in [-0.05, 0) is 30.5 Å². The van der Waals surface area contributed by atoms with Gasteiger partial charge in [0.05, 0.1) is 0 Å². The van der Waals surface area contributed by atoms with Crippen molar-refractivity contribution in [3.8, 4) is 0 Å². The molecule has 0 radical (unpaired) electrons. The second kappa shape index (κ2) is 7.93. The lowest BCUT2D eigenvalue weighted by Gasteiger charge is -2.09. The highest BCUT2D eigenvalue weighted by Gasteiger charge is 2.21. The standard InChI is InChI=1S/C17H17ClFN3O2S/c18-13-7-11(19)6-5-10(13)8-20-15(23)14-9-25-17(22-14)16(24)21-12-3-1-2-4-12/h5-7,9,12H,1-4,8H2,(H,20,23)(H,21,24). The summed E-state index contributed by atoms with van der Waals surface area (Å²) in [4.78, 5) is 28.4. The summed E-state index contributed by atoms with van der Waals surface area (Å²) in [6.45, 7) is 0.152. The minimum atomic E-state index is -0.433. The molecule has 1 aromatic heterocycles. The van der Waals surface area contributed by atoms with Gasteiger partial charge in [0.2, 0.25) is 0 Å². The van der Waals surface area contributed by atoms with Gasteiger partial charge in [0.15, 0.2) is 5.01 Å². The first-order valence-corrected chi connectivity index (χ1v) is 9.27. The van der Waals surface area contributed by atoms with E-state index in [0.29, 0.717) is 5.56 Å². The number of hydrogen-bond acceptors (Lipinski definition) is 4. The predicted octanol–water partition coefficient (Wildman–Crippen LogP) is 3.54. The van der Waals surface area contributed by atoms with E-state index < -0.39 is 11.7 Å². The highest BCUT2D eigenvalue weighted by atomic mass is 35.5. The fourth-order valence-electron chi connectivity index (χ4n) is 2.73. The van der Waals surface area contributed by atoms with Crippen molar-refractivity contribution >= 4 is 34.8 Å². The molecular weight excluding hydrogens is 365 g/mol. The zero-order chi connectivity index (χ0) is 17.8. The van der Waals surface area contributed by atoms with E-state index in [1.807, 2.05) is 0 Å². The Balaban J connectivity index is 1.57. The van der Waals surface area contributed by atoms with Crippen LogP contribution in [0.3, 0.4) is 0 Å². The molecule has 8 heteroatoms. The van der Waals surface area contributed by atoms with Crippen molar-refractivity contribution in [1.82, 2.24) is 15.6 Å². The van der Waals surface area contributed by atoms with Crippen LogP contribution < -0.4 is 10.6 Å². The topological polar surface area (TPSA) is 71.1 Å². The Morgan fingerprint density at radius 3 is 2.76 bits per heavy atom. The first-order valence-electron chi connectivity index (χ1n) is 8.01. The van der Waals surface area contributed by atoms with Gasteiger partial charge in [-0.15, -0.1) is 11.3 Å². The molecule has 0 atom stereocenters. The second-order valence-corrected chi connectivity index (χ2v) is 7.18. The summed E-state index contributed by atoms with van der Waals surface area (Å²) in [6, 6.07) is 4.19. The summed E-state index contributed by atoms with van der Waals surface area (Å²) >= 11 is 7.06. The zero-order valence-corrected chi connectivity index (χ0v) is 14.9. The average Bonchev–Trinajstić information content (AvgIpc) is 3.25. The smallest absolute Gasteiger partial charge is 0.280 e. The lowest BCUT2D eigenvalue weighted by Crippen LogP contribution is -2.32. The molecule has 1 aliphatic rings. The molecule has 1 heterocycles. The molecule has 0 aliphatic heterocycles. The maximum Gasteiger partial charge on any atom is 0.280 e. The lowest BCUT2D eigenvalue weighted by molar-refractivity contribution is 0.0937. The number of rotatable bonds is 5. The van der Waals surface area contributed by atoms with E-state index in [-0.39, 0.29) is 34.2 Å². The molecule has 2 aromatic rings. The van der Waals surface area contributed by atoms with Crippen LogP contribution >= 0.6 is 22.9 Å². The number of nitrogens with one attached hydrogen (secondary N) is 2. The summed E-state index contributed by atoms with van der Waals surface area (Å²) in [6.07, 6.45) is 4.23. The molecule has 2 amide bonds. The molecule has 1 aromatic carbocycles. The lowest BCUT2D eigenvalue weighted by atomic mass is 10.2. The molecule has 0 spiro atoms. The van der Waals surface area contributed by atoms with Gasteiger partial charge < -0.3 is 10.6 Å². The van der Waals surface area contributed by atoms with Crippen molar-refractivity contribution in [2.75, 3.05) is 0 Å². The van der Waals surface area contributed by atoms with Gasteiger partial charge in [-0.3, -0.25) is 9.59 Å². The Hall–Kier alpha value is -1.99. The van der Waals surface area contributed by atoms with Crippen LogP contribution in [-0.2, 0) is 6.54 Å². The quantitative estimate of drug-likeness (QED) is 0.832. The second-order valence-electron chi connectivity index (χ2n) is 5.91. The molecule has 132 valence electrons. The molecular formula is C17H17ClFN3O2S. The largest absolute Gasteiger partial charge is 0.347 e. The molecule has 1 aliphatic carbocycles. The van der Waals surface area contributed by atoms with Gasteiger partial charge in [0.25, 0.3) is 11.8 Å². The first-order chi connectivity index (χ1) is 12.0. The van der Waals surface area contributed by atoms with Crippen LogP contribution in [0, 0.1) is 5.82 Å². The molecule has 5 nitrogen and oxygen atoms in total. The number of thiazole rings is 1. The maximum atomic E-state index is 13.0. The Kier molecular flexibility index (Phi) is 5.65. The number of amides is 2. The maximum absolute atomic E-state index is 13.0. The van der Waals surface area contributed by atoms with Crippen LogP contribution in [-0.4, -0.2) is 22.8 Å². The van der Waals surface area contributed by atoms with E-state index in [0.717, 1.165) is 37.0 Å². The minimum absolute atomic E-state index is 0.152. The van der Waals surface area contributed by atoms with Crippen LogP contribution in [0.2, 0.25) is 5.02 Å². The number of carbonyl (C=O) groups is 2. The van der Waals surface area contributed by atoms with E-state index in [1.54, 1.807) is 5.38 Å².